The van der Waals surface area contributed by atoms with Crippen LogP contribution in [0.2, 0.25) is 5.02 Å². The van der Waals surface area contributed by atoms with Gasteiger partial charge in [0.05, 0.1) is 5.56 Å². The van der Waals surface area contributed by atoms with Crippen LogP contribution in [-0.2, 0) is 4.79 Å². The maximum Gasteiger partial charge on any atom is 0.262 e. The first kappa shape index (κ1) is 24.5. The average Bonchev–Trinajstić information content (AvgIpc) is 2.76. The number of ether oxygens (including phenoxy) is 1. The van der Waals surface area contributed by atoms with E-state index in [1.165, 1.54) is 0 Å². The van der Waals surface area contributed by atoms with E-state index >= 15 is 0 Å². The highest BCUT2D eigenvalue weighted by Crippen LogP contribution is 2.23. The number of hydrogen-bond acceptors (Lipinski definition) is 5. The van der Waals surface area contributed by atoms with Crippen molar-refractivity contribution in [1.29, 1.82) is 0 Å². The molecule has 0 heterocycles. The molecular formula is C23H31ClN4O3. The van der Waals surface area contributed by atoms with Crippen LogP contribution in [-0.4, -0.2) is 63.6 Å². The topological polar surface area (TPSA) is 73.9 Å². The number of rotatable bonds is 11. The Morgan fingerprint density at radius 3 is 2.32 bits per heavy atom. The molecule has 0 radical (unpaired) electrons. The van der Waals surface area contributed by atoms with Gasteiger partial charge in [-0.1, -0.05) is 25.4 Å². The Hall–Kier alpha value is -2.77. The molecule has 2 rings (SSSR count). The normalized spacial score (nSPS) is 10.6. The lowest BCUT2D eigenvalue weighted by atomic mass is 10.1. The molecule has 0 aliphatic carbocycles. The summed E-state index contributed by atoms with van der Waals surface area (Å²) in [6.45, 7) is 7.26. The van der Waals surface area contributed by atoms with E-state index in [0.29, 0.717) is 28.6 Å². The molecule has 0 saturated carbocycles. The van der Waals surface area contributed by atoms with Gasteiger partial charge in [0.1, 0.15) is 5.75 Å². The van der Waals surface area contributed by atoms with Crippen LogP contribution in [0.3, 0.4) is 0 Å². The molecule has 0 aliphatic heterocycles. The van der Waals surface area contributed by atoms with Crippen molar-refractivity contribution in [2.75, 3.05) is 57.1 Å². The molecule has 0 atom stereocenters. The number of hydrogen-bond donors (Lipinski definition) is 2. The van der Waals surface area contributed by atoms with Crippen LogP contribution in [0, 0.1) is 0 Å². The van der Waals surface area contributed by atoms with Crippen LogP contribution in [0.5, 0.6) is 5.75 Å². The zero-order valence-corrected chi connectivity index (χ0v) is 19.3. The third-order valence-corrected chi connectivity index (χ3v) is 5.05. The van der Waals surface area contributed by atoms with Crippen molar-refractivity contribution in [2.45, 2.75) is 13.8 Å². The minimum absolute atomic E-state index is 0.150. The van der Waals surface area contributed by atoms with Gasteiger partial charge in [0.15, 0.2) is 6.61 Å². The van der Waals surface area contributed by atoms with Crippen LogP contribution in [0.25, 0.3) is 0 Å². The number of nitrogens with one attached hydrogen (secondary N) is 2. The molecule has 7 nitrogen and oxygen atoms in total. The molecule has 0 unspecified atom stereocenters. The van der Waals surface area contributed by atoms with Crippen LogP contribution >= 0.6 is 11.6 Å². The molecule has 0 aromatic heterocycles. The molecule has 0 spiro atoms. The highest BCUT2D eigenvalue weighted by molar-refractivity contribution is 6.30. The summed E-state index contributed by atoms with van der Waals surface area (Å²) in [4.78, 5) is 29.2. The third-order valence-electron chi connectivity index (χ3n) is 4.80. The van der Waals surface area contributed by atoms with E-state index in [1.54, 1.807) is 36.4 Å². The molecule has 0 saturated heterocycles. The first-order valence-electron chi connectivity index (χ1n) is 10.3. The van der Waals surface area contributed by atoms with E-state index in [-0.39, 0.29) is 18.4 Å². The average molecular weight is 447 g/mol. The summed E-state index contributed by atoms with van der Waals surface area (Å²) in [5.41, 5.74) is 1.81. The van der Waals surface area contributed by atoms with Crippen molar-refractivity contribution < 1.29 is 14.3 Å². The van der Waals surface area contributed by atoms with Gasteiger partial charge in [-0.25, -0.2) is 0 Å². The second-order valence-electron chi connectivity index (χ2n) is 7.20. The highest BCUT2D eigenvalue weighted by Gasteiger charge is 2.15. The number of nitrogens with zero attached hydrogens (tertiary/aromatic N) is 2. The molecule has 0 bridgehead atoms. The maximum atomic E-state index is 12.8. The van der Waals surface area contributed by atoms with Gasteiger partial charge in [-0.2, -0.15) is 0 Å². The van der Waals surface area contributed by atoms with E-state index in [4.69, 9.17) is 16.3 Å². The molecule has 168 valence electrons. The lowest BCUT2D eigenvalue weighted by molar-refractivity contribution is -0.118. The monoisotopic (exact) mass is 446 g/mol. The fraction of sp³-hybridized carbons (Fsp3) is 0.391. The molecule has 2 amide bonds. The van der Waals surface area contributed by atoms with Crippen molar-refractivity contribution in [3.05, 3.63) is 53.1 Å². The Labute approximate surface area is 189 Å². The first-order chi connectivity index (χ1) is 14.8. The van der Waals surface area contributed by atoms with E-state index in [1.807, 2.05) is 25.1 Å². The summed E-state index contributed by atoms with van der Waals surface area (Å²) < 4.78 is 5.47. The Morgan fingerprint density at radius 1 is 1.03 bits per heavy atom. The summed E-state index contributed by atoms with van der Waals surface area (Å²) in [6.07, 6.45) is 0. The van der Waals surface area contributed by atoms with Crippen LogP contribution in [0.15, 0.2) is 42.5 Å². The number of likely N-dealkylation sites (N-methyl/N-ethyl adjacent to an activating group) is 1. The van der Waals surface area contributed by atoms with E-state index in [9.17, 15) is 9.59 Å². The van der Waals surface area contributed by atoms with E-state index in [0.717, 1.165) is 25.3 Å². The van der Waals surface area contributed by atoms with Gasteiger partial charge < -0.3 is 25.2 Å². The van der Waals surface area contributed by atoms with Crippen LogP contribution in [0.4, 0.5) is 11.4 Å². The predicted molar refractivity (Wildman–Crippen MR) is 126 cm³/mol. The largest absolute Gasteiger partial charge is 0.484 e. The Kier molecular flexibility index (Phi) is 9.62. The quantitative estimate of drug-likeness (QED) is 0.552. The van der Waals surface area contributed by atoms with Crippen molar-refractivity contribution >= 4 is 34.8 Å². The lowest BCUT2D eigenvalue weighted by Crippen LogP contribution is -2.35. The van der Waals surface area contributed by atoms with Crippen molar-refractivity contribution in [2.24, 2.45) is 0 Å². The number of anilines is 2. The Bertz CT molecular complexity index is 868. The van der Waals surface area contributed by atoms with Crippen molar-refractivity contribution in [3.8, 4) is 5.75 Å². The lowest BCUT2D eigenvalue weighted by Gasteiger charge is -2.20. The zero-order valence-electron chi connectivity index (χ0n) is 18.6. The number of halogens is 1. The molecular weight excluding hydrogens is 416 g/mol. The molecule has 31 heavy (non-hydrogen) atoms. The van der Waals surface area contributed by atoms with Crippen molar-refractivity contribution in [3.63, 3.8) is 0 Å². The second-order valence-corrected chi connectivity index (χ2v) is 7.64. The maximum absolute atomic E-state index is 12.8. The van der Waals surface area contributed by atoms with E-state index < -0.39 is 0 Å². The van der Waals surface area contributed by atoms with Gasteiger partial charge in [0.25, 0.3) is 11.8 Å². The van der Waals surface area contributed by atoms with Gasteiger partial charge in [0, 0.05) is 43.6 Å². The van der Waals surface area contributed by atoms with Crippen molar-refractivity contribution in [1.82, 2.24) is 10.2 Å². The Balaban J connectivity index is 2.01. The fourth-order valence-electron chi connectivity index (χ4n) is 3.03. The standard InChI is InChI=1S/C23H31ClN4O3/c1-5-28(6-2)14-13-25-23(30)20-15-18(9-12-21(20)27(3)4)26-22(29)16-31-19-10-7-17(24)8-11-19/h7-12,15H,5-6,13-14,16H2,1-4H3,(H,25,30)(H,26,29). The zero-order chi connectivity index (χ0) is 22.8. The molecule has 0 aliphatic rings. The summed E-state index contributed by atoms with van der Waals surface area (Å²) in [5.74, 6) is 0.0561. The summed E-state index contributed by atoms with van der Waals surface area (Å²) in [5, 5.41) is 6.35. The molecule has 0 fully saturated rings. The molecule has 2 aromatic rings. The predicted octanol–water partition coefficient (Wildman–Crippen LogP) is 3.50. The smallest absolute Gasteiger partial charge is 0.262 e. The highest BCUT2D eigenvalue weighted by atomic mass is 35.5. The number of amides is 2. The summed E-state index contributed by atoms with van der Waals surface area (Å²) >= 11 is 5.85. The van der Waals surface area contributed by atoms with Gasteiger partial charge in [0.2, 0.25) is 0 Å². The fourth-order valence-corrected chi connectivity index (χ4v) is 3.15. The second kappa shape index (κ2) is 12.2. The molecule has 8 heteroatoms. The minimum atomic E-state index is -0.319. The van der Waals surface area contributed by atoms with Gasteiger partial charge in [-0.05, 0) is 55.6 Å². The number of carbonyl (C=O) groups is 2. The first-order valence-corrected chi connectivity index (χ1v) is 10.7. The van der Waals surface area contributed by atoms with Gasteiger partial charge in [-0.3, -0.25) is 9.59 Å². The summed E-state index contributed by atoms with van der Waals surface area (Å²) in [6, 6.07) is 12.0. The SMILES string of the molecule is CCN(CC)CCNC(=O)c1cc(NC(=O)COc2ccc(Cl)cc2)ccc1N(C)C. The summed E-state index contributed by atoms with van der Waals surface area (Å²) in [7, 11) is 3.75. The van der Waals surface area contributed by atoms with Gasteiger partial charge in [-0.15, -0.1) is 0 Å². The van der Waals surface area contributed by atoms with E-state index in [2.05, 4.69) is 29.4 Å². The van der Waals surface area contributed by atoms with Crippen LogP contribution in [0.1, 0.15) is 24.2 Å². The van der Waals surface area contributed by atoms with Crippen LogP contribution < -0.4 is 20.3 Å². The van der Waals surface area contributed by atoms with Gasteiger partial charge >= 0.3 is 0 Å². The minimum Gasteiger partial charge on any atom is -0.484 e. The number of benzene rings is 2. The molecule has 2 aromatic carbocycles. The number of carbonyl (C=O) groups excluding carboxylic acids is 2. The molecule has 2 N–H and O–H groups in total. The third kappa shape index (κ3) is 7.77. The Morgan fingerprint density at radius 2 is 1.71 bits per heavy atom.